The molecule has 0 aliphatic carbocycles. The molecule has 0 aromatic heterocycles. The molecule has 1 rings (SSSR count). The van der Waals surface area contributed by atoms with Crippen molar-refractivity contribution in [2.24, 2.45) is 0 Å². The predicted molar refractivity (Wildman–Crippen MR) is 72.5 cm³/mol. The number of nitrogens with one attached hydrogen (secondary N) is 1. The molecule has 1 N–H and O–H groups in total. The standard InChI is InChI=1S/C14H22N2O/c1-5-6-15-10-14(17)16(4)13-8-11(2)7-12(3)9-13/h7-9,15H,5-6,10H2,1-4H3. The van der Waals surface area contributed by atoms with Crippen LogP contribution in [0.5, 0.6) is 0 Å². The number of nitrogens with zero attached hydrogens (tertiary/aromatic N) is 1. The number of aryl methyl sites for hydroxylation is 2. The predicted octanol–water partition coefficient (Wildman–Crippen LogP) is 2.27. The minimum Gasteiger partial charge on any atom is -0.314 e. The number of amides is 1. The van der Waals surface area contributed by atoms with Crippen molar-refractivity contribution in [1.29, 1.82) is 0 Å². The van der Waals surface area contributed by atoms with Crippen LogP contribution in [0.2, 0.25) is 0 Å². The first-order valence-electron chi connectivity index (χ1n) is 6.10. The number of likely N-dealkylation sites (N-methyl/N-ethyl adjacent to an activating group) is 1. The lowest BCUT2D eigenvalue weighted by atomic mass is 10.1. The molecule has 1 amide bonds. The molecule has 17 heavy (non-hydrogen) atoms. The number of hydrogen-bond acceptors (Lipinski definition) is 2. The van der Waals surface area contributed by atoms with E-state index in [-0.39, 0.29) is 5.91 Å². The van der Waals surface area contributed by atoms with Gasteiger partial charge in [-0.1, -0.05) is 13.0 Å². The Labute approximate surface area is 104 Å². The zero-order chi connectivity index (χ0) is 12.8. The van der Waals surface area contributed by atoms with Gasteiger partial charge in [0.1, 0.15) is 0 Å². The van der Waals surface area contributed by atoms with Gasteiger partial charge in [-0.3, -0.25) is 4.79 Å². The summed E-state index contributed by atoms with van der Waals surface area (Å²) < 4.78 is 0. The summed E-state index contributed by atoms with van der Waals surface area (Å²) >= 11 is 0. The van der Waals surface area contributed by atoms with Crippen molar-refractivity contribution in [3.8, 4) is 0 Å². The summed E-state index contributed by atoms with van der Waals surface area (Å²) in [5, 5.41) is 3.12. The van der Waals surface area contributed by atoms with Crippen LogP contribution >= 0.6 is 0 Å². The molecule has 1 aromatic rings. The van der Waals surface area contributed by atoms with Gasteiger partial charge in [0.25, 0.3) is 0 Å². The van der Waals surface area contributed by atoms with Crippen molar-refractivity contribution in [1.82, 2.24) is 5.32 Å². The van der Waals surface area contributed by atoms with E-state index in [4.69, 9.17) is 0 Å². The first-order valence-corrected chi connectivity index (χ1v) is 6.10. The maximum Gasteiger partial charge on any atom is 0.240 e. The molecule has 0 fully saturated rings. The highest BCUT2D eigenvalue weighted by molar-refractivity contribution is 5.94. The van der Waals surface area contributed by atoms with Crippen molar-refractivity contribution < 1.29 is 4.79 Å². The molecule has 0 bridgehead atoms. The molecule has 0 heterocycles. The van der Waals surface area contributed by atoms with E-state index >= 15 is 0 Å². The van der Waals surface area contributed by atoms with Gasteiger partial charge in [0.15, 0.2) is 0 Å². The quantitative estimate of drug-likeness (QED) is 0.793. The lowest BCUT2D eigenvalue weighted by Gasteiger charge is -2.18. The van der Waals surface area contributed by atoms with Crippen LogP contribution in [0.3, 0.4) is 0 Å². The van der Waals surface area contributed by atoms with Gasteiger partial charge in [-0.2, -0.15) is 0 Å². The molecule has 0 aliphatic heterocycles. The molecule has 0 aliphatic rings. The molecule has 0 saturated carbocycles. The third-order valence-corrected chi connectivity index (χ3v) is 2.67. The van der Waals surface area contributed by atoms with E-state index in [0.29, 0.717) is 6.54 Å². The number of hydrogen-bond donors (Lipinski definition) is 1. The van der Waals surface area contributed by atoms with Crippen molar-refractivity contribution >= 4 is 11.6 Å². The van der Waals surface area contributed by atoms with E-state index in [0.717, 1.165) is 18.7 Å². The van der Waals surface area contributed by atoms with Gasteiger partial charge >= 0.3 is 0 Å². The molecular weight excluding hydrogens is 212 g/mol. The SMILES string of the molecule is CCCNCC(=O)N(C)c1cc(C)cc(C)c1. The van der Waals surface area contributed by atoms with Gasteiger partial charge in [0, 0.05) is 12.7 Å². The number of carbonyl (C=O) groups is 1. The van der Waals surface area contributed by atoms with E-state index in [2.05, 4.69) is 18.3 Å². The Kier molecular flexibility index (Phi) is 5.16. The highest BCUT2D eigenvalue weighted by Crippen LogP contribution is 2.17. The third kappa shape index (κ3) is 4.19. The Morgan fingerprint density at radius 1 is 1.24 bits per heavy atom. The lowest BCUT2D eigenvalue weighted by Crippen LogP contribution is -2.35. The molecule has 0 unspecified atom stereocenters. The van der Waals surface area contributed by atoms with Crippen LogP contribution in [0.4, 0.5) is 5.69 Å². The van der Waals surface area contributed by atoms with Crippen molar-refractivity contribution in [2.75, 3.05) is 25.0 Å². The number of carbonyl (C=O) groups excluding carboxylic acids is 1. The van der Waals surface area contributed by atoms with Crippen LogP contribution in [-0.2, 0) is 4.79 Å². The zero-order valence-electron chi connectivity index (χ0n) is 11.2. The van der Waals surface area contributed by atoms with Crippen LogP contribution in [0, 0.1) is 13.8 Å². The highest BCUT2D eigenvalue weighted by atomic mass is 16.2. The molecule has 3 nitrogen and oxygen atoms in total. The van der Waals surface area contributed by atoms with Gasteiger partial charge in [-0.15, -0.1) is 0 Å². The van der Waals surface area contributed by atoms with Crippen LogP contribution < -0.4 is 10.2 Å². The lowest BCUT2D eigenvalue weighted by molar-refractivity contribution is -0.117. The summed E-state index contributed by atoms with van der Waals surface area (Å²) in [7, 11) is 1.82. The van der Waals surface area contributed by atoms with Crippen molar-refractivity contribution in [3.63, 3.8) is 0 Å². The molecule has 0 atom stereocenters. The summed E-state index contributed by atoms with van der Waals surface area (Å²) in [5.74, 6) is 0.100. The van der Waals surface area contributed by atoms with Crippen LogP contribution in [-0.4, -0.2) is 26.0 Å². The summed E-state index contributed by atoms with van der Waals surface area (Å²) in [4.78, 5) is 13.6. The van der Waals surface area contributed by atoms with Gasteiger partial charge in [-0.25, -0.2) is 0 Å². The highest BCUT2D eigenvalue weighted by Gasteiger charge is 2.10. The van der Waals surface area contributed by atoms with Crippen LogP contribution in [0.15, 0.2) is 18.2 Å². The third-order valence-electron chi connectivity index (χ3n) is 2.67. The second-order valence-electron chi connectivity index (χ2n) is 4.48. The van der Waals surface area contributed by atoms with Crippen molar-refractivity contribution in [3.05, 3.63) is 29.3 Å². The Balaban J connectivity index is 2.67. The van der Waals surface area contributed by atoms with E-state index in [1.807, 2.05) is 33.0 Å². The first-order chi connectivity index (χ1) is 8.04. The minimum absolute atomic E-state index is 0.100. The summed E-state index contributed by atoms with van der Waals surface area (Å²) in [5.41, 5.74) is 3.33. The molecule has 0 saturated heterocycles. The van der Waals surface area contributed by atoms with Gasteiger partial charge in [-0.05, 0) is 50.1 Å². The second kappa shape index (κ2) is 6.40. The Hall–Kier alpha value is -1.35. The largest absolute Gasteiger partial charge is 0.314 e. The molecule has 3 heteroatoms. The number of benzene rings is 1. The minimum atomic E-state index is 0.100. The maximum atomic E-state index is 11.9. The summed E-state index contributed by atoms with van der Waals surface area (Å²) in [6.45, 7) is 7.46. The fourth-order valence-corrected chi connectivity index (χ4v) is 1.78. The smallest absolute Gasteiger partial charge is 0.240 e. The average molecular weight is 234 g/mol. The number of rotatable bonds is 5. The maximum absolute atomic E-state index is 11.9. The van der Waals surface area contributed by atoms with Crippen LogP contribution in [0.1, 0.15) is 24.5 Å². The van der Waals surface area contributed by atoms with Crippen LogP contribution in [0.25, 0.3) is 0 Å². The monoisotopic (exact) mass is 234 g/mol. The number of anilines is 1. The van der Waals surface area contributed by atoms with Gasteiger partial charge in [0.05, 0.1) is 6.54 Å². The summed E-state index contributed by atoms with van der Waals surface area (Å²) in [6.07, 6.45) is 1.04. The molecular formula is C14H22N2O. The molecule has 0 radical (unpaired) electrons. The van der Waals surface area contributed by atoms with Gasteiger partial charge < -0.3 is 10.2 Å². The Morgan fingerprint density at radius 3 is 2.35 bits per heavy atom. The summed E-state index contributed by atoms with van der Waals surface area (Å²) in [6, 6.07) is 6.17. The normalized spacial score (nSPS) is 10.4. The Morgan fingerprint density at radius 2 is 1.82 bits per heavy atom. The average Bonchev–Trinajstić information content (AvgIpc) is 2.27. The second-order valence-corrected chi connectivity index (χ2v) is 4.48. The van der Waals surface area contributed by atoms with Gasteiger partial charge in [0.2, 0.25) is 5.91 Å². The zero-order valence-corrected chi connectivity index (χ0v) is 11.2. The van der Waals surface area contributed by atoms with E-state index in [1.165, 1.54) is 11.1 Å². The molecule has 1 aromatic carbocycles. The van der Waals surface area contributed by atoms with E-state index in [1.54, 1.807) is 4.90 Å². The Bertz CT molecular complexity index is 368. The topological polar surface area (TPSA) is 32.3 Å². The fourth-order valence-electron chi connectivity index (χ4n) is 1.78. The first kappa shape index (κ1) is 13.7. The fraction of sp³-hybridized carbons (Fsp3) is 0.500. The molecule has 0 spiro atoms. The molecule has 94 valence electrons. The van der Waals surface area contributed by atoms with E-state index in [9.17, 15) is 4.79 Å². The van der Waals surface area contributed by atoms with Crippen molar-refractivity contribution in [2.45, 2.75) is 27.2 Å². The van der Waals surface area contributed by atoms with E-state index < -0.39 is 0 Å².